The van der Waals surface area contributed by atoms with Crippen molar-refractivity contribution >= 4 is 11.6 Å². The molecule has 2 rings (SSSR count). The van der Waals surface area contributed by atoms with E-state index < -0.39 is 0 Å². The van der Waals surface area contributed by atoms with Gasteiger partial charge in [-0.25, -0.2) is 0 Å². The summed E-state index contributed by atoms with van der Waals surface area (Å²) in [5, 5.41) is 6.13. The second-order valence-electron chi connectivity index (χ2n) is 5.27. The van der Waals surface area contributed by atoms with Crippen molar-refractivity contribution in [2.45, 2.75) is 26.7 Å². The zero-order chi connectivity index (χ0) is 17.6. The average Bonchev–Trinajstić information content (AvgIpc) is 2.59. The first-order valence-electron chi connectivity index (χ1n) is 8.34. The van der Waals surface area contributed by atoms with Gasteiger partial charge in [-0.2, -0.15) is 0 Å². The summed E-state index contributed by atoms with van der Waals surface area (Å²) >= 11 is 0. The first-order chi connectivity index (χ1) is 11.7. The Morgan fingerprint density at radius 3 is 1.40 bits per heavy atom. The van der Waals surface area contributed by atoms with Crippen LogP contribution >= 0.6 is 0 Å². The minimum atomic E-state index is 0. The van der Waals surface area contributed by atoms with Crippen LogP contribution in [0, 0.1) is 0 Å². The SMILES string of the molecule is CCCN/C=C1/C=CC=CC1=O.CCCN/C=C1/C=CC=CC1=O.[Ni]. The van der Waals surface area contributed by atoms with E-state index in [9.17, 15) is 9.59 Å². The van der Waals surface area contributed by atoms with Crippen LogP contribution in [-0.2, 0) is 26.1 Å². The Morgan fingerprint density at radius 1 is 0.720 bits per heavy atom. The van der Waals surface area contributed by atoms with Gasteiger partial charge in [0.2, 0.25) is 0 Å². The third kappa shape index (κ3) is 9.68. The third-order valence-corrected chi connectivity index (χ3v) is 3.14. The van der Waals surface area contributed by atoms with Gasteiger partial charge >= 0.3 is 0 Å². The quantitative estimate of drug-likeness (QED) is 0.419. The van der Waals surface area contributed by atoms with Gasteiger partial charge in [-0.3, -0.25) is 9.59 Å². The van der Waals surface area contributed by atoms with Crippen molar-refractivity contribution in [2.24, 2.45) is 0 Å². The molecule has 0 bridgehead atoms. The zero-order valence-electron chi connectivity index (χ0n) is 14.7. The van der Waals surface area contributed by atoms with Crippen LogP contribution in [0.25, 0.3) is 0 Å². The first kappa shape index (κ1) is 22.9. The first-order valence-corrected chi connectivity index (χ1v) is 8.34. The van der Waals surface area contributed by atoms with Gasteiger partial charge in [0.05, 0.1) is 0 Å². The summed E-state index contributed by atoms with van der Waals surface area (Å²) in [5.41, 5.74) is 1.46. The van der Waals surface area contributed by atoms with Gasteiger partial charge in [0.25, 0.3) is 0 Å². The molecule has 0 aromatic heterocycles. The molecule has 0 radical (unpaired) electrons. The van der Waals surface area contributed by atoms with Crippen LogP contribution in [0.4, 0.5) is 0 Å². The monoisotopic (exact) mass is 384 g/mol. The van der Waals surface area contributed by atoms with Crippen molar-refractivity contribution in [1.82, 2.24) is 10.6 Å². The summed E-state index contributed by atoms with van der Waals surface area (Å²) in [6, 6.07) is 0. The van der Waals surface area contributed by atoms with Gasteiger partial charge in [-0.1, -0.05) is 38.2 Å². The van der Waals surface area contributed by atoms with E-state index >= 15 is 0 Å². The largest absolute Gasteiger partial charge is 0.390 e. The molecule has 0 saturated carbocycles. The number of ketones is 2. The molecule has 0 aromatic carbocycles. The summed E-state index contributed by atoms with van der Waals surface area (Å²) in [7, 11) is 0. The summed E-state index contributed by atoms with van der Waals surface area (Å²) in [5.74, 6) is 0.141. The van der Waals surface area contributed by atoms with Gasteiger partial charge in [0.15, 0.2) is 11.6 Å². The van der Waals surface area contributed by atoms with Crippen molar-refractivity contribution in [3.63, 3.8) is 0 Å². The van der Waals surface area contributed by atoms with E-state index in [0.29, 0.717) is 0 Å². The fourth-order valence-corrected chi connectivity index (χ4v) is 1.85. The van der Waals surface area contributed by atoms with Crippen molar-refractivity contribution in [3.8, 4) is 0 Å². The molecule has 0 unspecified atom stereocenters. The number of nitrogens with one attached hydrogen (secondary N) is 2. The number of carbonyl (C=O) groups excluding carboxylic acids is 2. The molecular weight excluding hydrogens is 359 g/mol. The van der Waals surface area contributed by atoms with Crippen molar-refractivity contribution in [2.75, 3.05) is 13.1 Å². The van der Waals surface area contributed by atoms with Crippen LogP contribution in [-0.4, -0.2) is 24.7 Å². The van der Waals surface area contributed by atoms with Gasteiger partial charge in [-0.05, 0) is 37.1 Å². The molecular formula is C20H26N2NiO2. The summed E-state index contributed by atoms with van der Waals surface area (Å²) in [4.78, 5) is 22.3. The summed E-state index contributed by atoms with van der Waals surface area (Å²) < 4.78 is 0. The zero-order valence-corrected chi connectivity index (χ0v) is 15.7. The molecule has 0 amide bonds. The standard InChI is InChI=1S/2C10H13NO.Ni/c2*1-2-7-11-8-9-5-3-4-6-10(9)12;/h2*3-6,8,11H,2,7H2,1H3;/b2*9-8-;. The van der Waals surface area contributed by atoms with E-state index in [1.165, 1.54) is 0 Å². The van der Waals surface area contributed by atoms with Crippen LogP contribution < -0.4 is 10.6 Å². The maximum Gasteiger partial charge on any atom is 0.187 e. The smallest absolute Gasteiger partial charge is 0.187 e. The Hall–Kier alpha value is -2.13. The average molecular weight is 385 g/mol. The molecule has 138 valence electrons. The van der Waals surface area contributed by atoms with Crippen LogP contribution in [0.5, 0.6) is 0 Å². The minimum Gasteiger partial charge on any atom is -0.390 e. The predicted molar refractivity (Wildman–Crippen MR) is 99.3 cm³/mol. The van der Waals surface area contributed by atoms with E-state index in [1.807, 2.05) is 24.3 Å². The molecule has 2 N–H and O–H groups in total. The molecule has 0 aliphatic heterocycles. The van der Waals surface area contributed by atoms with Crippen molar-refractivity contribution in [3.05, 3.63) is 72.2 Å². The molecule has 0 atom stereocenters. The number of rotatable bonds is 6. The minimum absolute atomic E-state index is 0. The van der Waals surface area contributed by atoms with Gasteiger partial charge < -0.3 is 10.6 Å². The molecule has 0 spiro atoms. The Bertz CT molecular complexity index is 557. The maximum atomic E-state index is 11.1. The van der Waals surface area contributed by atoms with E-state index in [-0.39, 0.29) is 28.1 Å². The molecule has 4 nitrogen and oxygen atoms in total. The molecule has 0 saturated heterocycles. The van der Waals surface area contributed by atoms with E-state index in [1.54, 1.807) is 36.7 Å². The second-order valence-corrected chi connectivity index (χ2v) is 5.27. The van der Waals surface area contributed by atoms with Gasteiger partial charge in [0, 0.05) is 53.1 Å². The molecule has 0 fully saturated rings. The van der Waals surface area contributed by atoms with Crippen LogP contribution in [0.1, 0.15) is 26.7 Å². The Morgan fingerprint density at radius 2 is 1.08 bits per heavy atom. The van der Waals surface area contributed by atoms with Crippen molar-refractivity contribution < 1.29 is 26.1 Å². The Kier molecular flexibility index (Phi) is 13.0. The number of hydrogen-bond donors (Lipinski definition) is 2. The molecule has 2 aliphatic rings. The van der Waals surface area contributed by atoms with Crippen LogP contribution in [0.2, 0.25) is 0 Å². The number of hydrogen-bond acceptors (Lipinski definition) is 4. The topological polar surface area (TPSA) is 58.2 Å². The van der Waals surface area contributed by atoms with E-state index in [2.05, 4.69) is 24.5 Å². The Labute approximate surface area is 160 Å². The molecule has 2 aliphatic carbocycles. The van der Waals surface area contributed by atoms with E-state index in [4.69, 9.17) is 0 Å². The molecule has 5 heteroatoms. The Balaban J connectivity index is 0.000000443. The van der Waals surface area contributed by atoms with Gasteiger partial charge in [0.1, 0.15) is 0 Å². The molecule has 0 aromatic rings. The predicted octanol–water partition coefficient (Wildman–Crippen LogP) is 3.13. The summed E-state index contributed by atoms with van der Waals surface area (Å²) in [6.07, 6.45) is 19.7. The van der Waals surface area contributed by atoms with Crippen LogP contribution in [0.15, 0.2) is 72.2 Å². The van der Waals surface area contributed by atoms with Crippen LogP contribution in [0.3, 0.4) is 0 Å². The third-order valence-electron chi connectivity index (χ3n) is 3.14. The maximum absolute atomic E-state index is 11.1. The van der Waals surface area contributed by atoms with Crippen molar-refractivity contribution in [1.29, 1.82) is 0 Å². The normalized spacial score (nSPS) is 18.0. The molecule has 0 heterocycles. The summed E-state index contributed by atoms with van der Waals surface area (Å²) in [6.45, 7) is 6.00. The fraction of sp³-hybridized carbons (Fsp3) is 0.300. The number of allylic oxidation sites excluding steroid dienone is 10. The van der Waals surface area contributed by atoms with E-state index in [0.717, 1.165) is 37.1 Å². The fourth-order valence-electron chi connectivity index (χ4n) is 1.85. The molecule has 25 heavy (non-hydrogen) atoms. The second kappa shape index (κ2) is 14.2. The van der Waals surface area contributed by atoms with Gasteiger partial charge in [-0.15, -0.1) is 0 Å². The number of carbonyl (C=O) groups is 2.